The van der Waals surface area contributed by atoms with Crippen molar-refractivity contribution in [3.05, 3.63) is 29.6 Å². The summed E-state index contributed by atoms with van der Waals surface area (Å²) in [5.74, 6) is 0.0467. The van der Waals surface area contributed by atoms with Crippen molar-refractivity contribution in [2.45, 2.75) is 6.10 Å². The van der Waals surface area contributed by atoms with E-state index in [0.29, 0.717) is 17.9 Å². The summed E-state index contributed by atoms with van der Waals surface area (Å²) >= 11 is 0. The zero-order valence-electron chi connectivity index (χ0n) is 8.83. The fraction of sp³-hybridized carbons (Fsp3) is 0.364. The molecule has 0 radical (unpaired) electrons. The van der Waals surface area contributed by atoms with Crippen LogP contribution in [0.1, 0.15) is 11.7 Å². The molecule has 0 bridgehead atoms. The summed E-state index contributed by atoms with van der Waals surface area (Å²) in [6, 6.07) is 4.23. The van der Waals surface area contributed by atoms with E-state index in [1.807, 2.05) is 0 Å². The monoisotopic (exact) mass is 225 g/mol. The Labute approximate surface area is 92.4 Å². The number of carbonyl (C=O) groups excluding carboxylic acids is 1. The molecular formula is C11H12FNO3. The van der Waals surface area contributed by atoms with E-state index in [4.69, 9.17) is 9.47 Å². The van der Waals surface area contributed by atoms with E-state index >= 15 is 0 Å². The molecule has 0 aliphatic carbocycles. The van der Waals surface area contributed by atoms with E-state index in [1.54, 1.807) is 6.07 Å². The number of nitrogens with one attached hydrogen (secondary N) is 1. The van der Waals surface area contributed by atoms with Crippen LogP contribution in [0.2, 0.25) is 0 Å². The number of amides is 1. The molecule has 2 rings (SSSR count). The van der Waals surface area contributed by atoms with Gasteiger partial charge in [0.15, 0.2) is 0 Å². The highest BCUT2D eigenvalue weighted by Crippen LogP contribution is 2.29. The minimum Gasteiger partial charge on any atom is -0.496 e. The van der Waals surface area contributed by atoms with Gasteiger partial charge in [-0.1, -0.05) is 0 Å². The summed E-state index contributed by atoms with van der Waals surface area (Å²) in [5, 5.41) is 2.66. The number of ether oxygens (including phenoxy) is 2. The molecule has 0 spiro atoms. The summed E-state index contributed by atoms with van der Waals surface area (Å²) in [5.41, 5.74) is 0.613. The second-order valence-corrected chi connectivity index (χ2v) is 3.49. The van der Waals surface area contributed by atoms with Crippen LogP contribution in [0.3, 0.4) is 0 Å². The topological polar surface area (TPSA) is 47.6 Å². The van der Waals surface area contributed by atoms with E-state index in [1.165, 1.54) is 19.2 Å². The van der Waals surface area contributed by atoms with Crippen molar-refractivity contribution in [1.82, 2.24) is 5.32 Å². The van der Waals surface area contributed by atoms with Crippen LogP contribution in [-0.2, 0) is 9.53 Å². The quantitative estimate of drug-likeness (QED) is 0.817. The number of rotatable bonds is 2. The fourth-order valence-corrected chi connectivity index (χ4v) is 1.65. The van der Waals surface area contributed by atoms with Crippen molar-refractivity contribution in [1.29, 1.82) is 0 Å². The van der Waals surface area contributed by atoms with Crippen LogP contribution in [0.15, 0.2) is 18.2 Å². The molecule has 1 saturated heterocycles. The Kier molecular flexibility index (Phi) is 3.05. The van der Waals surface area contributed by atoms with Gasteiger partial charge in [0.2, 0.25) is 5.91 Å². The second kappa shape index (κ2) is 4.49. The molecule has 1 heterocycles. The van der Waals surface area contributed by atoms with Crippen LogP contribution in [0.25, 0.3) is 0 Å². The van der Waals surface area contributed by atoms with Crippen molar-refractivity contribution in [2.24, 2.45) is 0 Å². The Morgan fingerprint density at radius 3 is 3.00 bits per heavy atom. The molecule has 1 aliphatic heterocycles. The summed E-state index contributed by atoms with van der Waals surface area (Å²) in [6.45, 7) is 0.322. The lowest BCUT2D eigenvalue weighted by molar-refractivity contribution is -0.133. The Morgan fingerprint density at radius 2 is 2.38 bits per heavy atom. The molecule has 0 saturated carbocycles. The molecule has 1 aromatic rings. The van der Waals surface area contributed by atoms with Crippen molar-refractivity contribution in [3.63, 3.8) is 0 Å². The minimum absolute atomic E-state index is 0.00959. The van der Waals surface area contributed by atoms with Crippen LogP contribution >= 0.6 is 0 Å². The third kappa shape index (κ3) is 2.14. The number of morpholine rings is 1. The van der Waals surface area contributed by atoms with Gasteiger partial charge >= 0.3 is 0 Å². The maximum absolute atomic E-state index is 13.1. The molecule has 4 nitrogen and oxygen atoms in total. The first-order chi connectivity index (χ1) is 7.70. The lowest BCUT2D eigenvalue weighted by Crippen LogP contribution is -2.38. The average Bonchev–Trinajstić information content (AvgIpc) is 2.30. The van der Waals surface area contributed by atoms with Gasteiger partial charge in [-0.2, -0.15) is 0 Å². The predicted octanol–water partition coefficient (Wildman–Crippen LogP) is 1.02. The third-order valence-electron chi connectivity index (χ3n) is 2.44. The molecule has 86 valence electrons. The van der Waals surface area contributed by atoms with Gasteiger partial charge in [0.1, 0.15) is 24.3 Å². The van der Waals surface area contributed by atoms with Gasteiger partial charge in [0.25, 0.3) is 0 Å². The molecular weight excluding hydrogens is 213 g/mol. The average molecular weight is 225 g/mol. The van der Waals surface area contributed by atoms with Crippen molar-refractivity contribution in [2.75, 3.05) is 20.3 Å². The first-order valence-corrected chi connectivity index (χ1v) is 4.92. The SMILES string of the molecule is COc1ccc(F)cc1[C@@H]1CNC(=O)CO1. The molecule has 5 heteroatoms. The summed E-state index contributed by atoms with van der Waals surface area (Å²) in [7, 11) is 1.51. The van der Waals surface area contributed by atoms with Crippen LogP contribution in [0.5, 0.6) is 5.75 Å². The molecule has 1 aromatic carbocycles. The molecule has 1 atom stereocenters. The largest absolute Gasteiger partial charge is 0.496 e. The Morgan fingerprint density at radius 1 is 1.56 bits per heavy atom. The van der Waals surface area contributed by atoms with Gasteiger partial charge in [-0.05, 0) is 18.2 Å². The first kappa shape index (κ1) is 10.9. The fourth-order valence-electron chi connectivity index (χ4n) is 1.65. The number of methoxy groups -OCH3 is 1. The highest BCUT2D eigenvalue weighted by atomic mass is 19.1. The van der Waals surface area contributed by atoms with Gasteiger partial charge in [-0.3, -0.25) is 4.79 Å². The smallest absolute Gasteiger partial charge is 0.246 e. The van der Waals surface area contributed by atoms with Crippen LogP contribution < -0.4 is 10.1 Å². The normalized spacial score (nSPS) is 20.4. The maximum Gasteiger partial charge on any atom is 0.246 e. The molecule has 0 aromatic heterocycles. The van der Waals surface area contributed by atoms with Gasteiger partial charge < -0.3 is 14.8 Å². The zero-order valence-corrected chi connectivity index (χ0v) is 8.83. The Bertz CT molecular complexity index is 398. The van der Waals surface area contributed by atoms with Gasteiger partial charge in [-0.15, -0.1) is 0 Å². The van der Waals surface area contributed by atoms with E-state index in [-0.39, 0.29) is 24.4 Å². The minimum atomic E-state index is -0.358. The van der Waals surface area contributed by atoms with E-state index in [9.17, 15) is 9.18 Å². The number of halogens is 1. The molecule has 16 heavy (non-hydrogen) atoms. The highest BCUT2D eigenvalue weighted by Gasteiger charge is 2.23. The number of hydrogen-bond acceptors (Lipinski definition) is 3. The predicted molar refractivity (Wildman–Crippen MR) is 54.7 cm³/mol. The summed E-state index contributed by atoms with van der Waals surface area (Å²) in [6.07, 6.45) is -0.358. The van der Waals surface area contributed by atoms with Crippen LogP contribution in [0, 0.1) is 5.82 Å². The Hall–Kier alpha value is -1.62. The summed E-state index contributed by atoms with van der Waals surface area (Å²) < 4.78 is 23.6. The van der Waals surface area contributed by atoms with Gasteiger partial charge in [0.05, 0.1) is 7.11 Å². The molecule has 1 amide bonds. The van der Waals surface area contributed by atoms with Crippen molar-refractivity contribution in [3.8, 4) is 5.75 Å². The molecule has 0 unspecified atom stereocenters. The lowest BCUT2D eigenvalue weighted by Gasteiger charge is -2.24. The second-order valence-electron chi connectivity index (χ2n) is 3.49. The number of benzene rings is 1. The van der Waals surface area contributed by atoms with E-state index in [2.05, 4.69) is 5.32 Å². The number of hydrogen-bond donors (Lipinski definition) is 1. The van der Waals surface area contributed by atoms with E-state index in [0.717, 1.165) is 0 Å². The number of carbonyl (C=O) groups is 1. The van der Waals surface area contributed by atoms with Crippen LogP contribution in [0.4, 0.5) is 4.39 Å². The Balaban J connectivity index is 2.24. The summed E-state index contributed by atoms with van der Waals surface area (Å²) in [4.78, 5) is 10.9. The lowest BCUT2D eigenvalue weighted by atomic mass is 10.1. The zero-order chi connectivity index (χ0) is 11.5. The standard InChI is InChI=1S/C11H12FNO3/c1-15-9-3-2-7(12)4-8(9)10-5-13-11(14)6-16-10/h2-4,10H,5-6H2,1H3,(H,13,14)/t10-/m0/s1. The molecule has 1 N–H and O–H groups in total. The molecule has 1 fully saturated rings. The molecule has 1 aliphatic rings. The maximum atomic E-state index is 13.1. The van der Waals surface area contributed by atoms with E-state index < -0.39 is 0 Å². The van der Waals surface area contributed by atoms with Crippen molar-refractivity contribution >= 4 is 5.91 Å². The van der Waals surface area contributed by atoms with Crippen molar-refractivity contribution < 1.29 is 18.7 Å². The highest BCUT2D eigenvalue weighted by molar-refractivity contribution is 5.77. The first-order valence-electron chi connectivity index (χ1n) is 4.92. The van der Waals surface area contributed by atoms with Gasteiger partial charge in [-0.25, -0.2) is 4.39 Å². The van der Waals surface area contributed by atoms with Gasteiger partial charge in [0, 0.05) is 12.1 Å². The third-order valence-corrected chi connectivity index (χ3v) is 2.44. The van der Waals surface area contributed by atoms with Crippen LogP contribution in [-0.4, -0.2) is 26.2 Å².